The third kappa shape index (κ3) is 2.44. The van der Waals surface area contributed by atoms with Crippen LogP contribution in [0.4, 0.5) is 5.69 Å². The summed E-state index contributed by atoms with van der Waals surface area (Å²) in [5, 5.41) is 2.67. The van der Waals surface area contributed by atoms with Crippen molar-refractivity contribution in [3.63, 3.8) is 0 Å². The number of aromatic amines is 1. The molecule has 3 aromatic rings. The van der Waals surface area contributed by atoms with Gasteiger partial charge in [0.05, 0.1) is 11.2 Å². The number of hydrogen-bond acceptors (Lipinski definition) is 2. The highest BCUT2D eigenvalue weighted by Gasteiger charge is 2.18. The molecule has 3 nitrogen and oxygen atoms in total. The Bertz CT molecular complexity index is 801. The van der Waals surface area contributed by atoms with Gasteiger partial charge < -0.3 is 14.8 Å². The Balaban J connectivity index is 0.00000144. The van der Waals surface area contributed by atoms with Crippen LogP contribution in [0.3, 0.4) is 0 Å². The zero-order valence-corrected chi connectivity index (χ0v) is 13.9. The van der Waals surface area contributed by atoms with Gasteiger partial charge in [-0.05, 0) is 37.7 Å². The Labute approximate surface area is 137 Å². The van der Waals surface area contributed by atoms with Crippen molar-refractivity contribution in [3.8, 4) is 0 Å². The monoisotopic (exact) mass is 315 g/mol. The van der Waals surface area contributed by atoms with Crippen molar-refractivity contribution in [2.24, 2.45) is 0 Å². The molecule has 0 aliphatic carbocycles. The number of piperazine rings is 1. The van der Waals surface area contributed by atoms with Gasteiger partial charge in [0.1, 0.15) is 0 Å². The molecule has 116 valence electrons. The minimum atomic E-state index is 0. The standard InChI is InChI=1S/C18H21N3.ClH/c1-13-11-15-14-5-3-4-6-16(14)19-18(15)17(12-13)21-9-7-20(2)8-10-21;/h3-6,11-12,19H,7-10H2,1-2H3;1H. The number of H-pyrrole nitrogens is 1. The van der Waals surface area contributed by atoms with Crippen LogP contribution in [0.25, 0.3) is 21.8 Å². The third-order valence-electron chi connectivity index (χ3n) is 4.58. The predicted molar refractivity (Wildman–Crippen MR) is 97.5 cm³/mol. The van der Waals surface area contributed by atoms with Crippen molar-refractivity contribution < 1.29 is 0 Å². The molecule has 2 heterocycles. The van der Waals surface area contributed by atoms with E-state index in [4.69, 9.17) is 0 Å². The number of fused-ring (bicyclic) bond motifs is 3. The smallest absolute Gasteiger partial charge is 0.0702 e. The van der Waals surface area contributed by atoms with E-state index >= 15 is 0 Å². The van der Waals surface area contributed by atoms with E-state index in [1.54, 1.807) is 0 Å². The van der Waals surface area contributed by atoms with Crippen LogP contribution in [0, 0.1) is 6.92 Å². The zero-order chi connectivity index (χ0) is 14.4. The minimum absolute atomic E-state index is 0. The van der Waals surface area contributed by atoms with E-state index in [9.17, 15) is 0 Å². The summed E-state index contributed by atoms with van der Waals surface area (Å²) < 4.78 is 0. The number of hydrogen-bond donors (Lipinski definition) is 1. The molecular formula is C18H22ClN3. The van der Waals surface area contributed by atoms with Crippen LogP contribution in [-0.4, -0.2) is 43.1 Å². The van der Waals surface area contributed by atoms with Crippen LogP contribution in [0.5, 0.6) is 0 Å². The minimum Gasteiger partial charge on any atom is -0.367 e. The molecule has 1 N–H and O–H groups in total. The molecular weight excluding hydrogens is 294 g/mol. The molecule has 0 saturated carbocycles. The summed E-state index contributed by atoms with van der Waals surface area (Å²) in [5.41, 5.74) is 5.20. The Kier molecular flexibility index (Phi) is 4.02. The highest BCUT2D eigenvalue weighted by molar-refractivity contribution is 6.11. The maximum atomic E-state index is 3.63. The van der Waals surface area contributed by atoms with Crippen LogP contribution >= 0.6 is 12.4 Å². The number of aryl methyl sites for hydroxylation is 1. The number of nitrogens with zero attached hydrogens (tertiary/aromatic N) is 2. The third-order valence-corrected chi connectivity index (χ3v) is 4.58. The second-order valence-electron chi connectivity index (χ2n) is 6.17. The Morgan fingerprint density at radius 3 is 2.45 bits per heavy atom. The van der Waals surface area contributed by atoms with Crippen molar-refractivity contribution in [1.82, 2.24) is 9.88 Å². The summed E-state index contributed by atoms with van der Waals surface area (Å²) in [6.07, 6.45) is 0. The van der Waals surface area contributed by atoms with Gasteiger partial charge in [0.2, 0.25) is 0 Å². The van der Waals surface area contributed by atoms with E-state index in [0.717, 1.165) is 26.2 Å². The van der Waals surface area contributed by atoms with Gasteiger partial charge in [0.25, 0.3) is 0 Å². The Hall–Kier alpha value is -1.71. The highest BCUT2D eigenvalue weighted by atomic mass is 35.5. The van der Waals surface area contributed by atoms with Crippen molar-refractivity contribution >= 4 is 39.9 Å². The molecule has 2 aromatic carbocycles. The average molecular weight is 316 g/mol. The van der Waals surface area contributed by atoms with Crippen LogP contribution in [0.1, 0.15) is 5.56 Å². The summed E-state index contributed by atoms with van der Waals surface area (Å²) in [5.74, 6) is 0. The first-order valence-electron chi connectivity index (χ1n) is 7.67. The fourth-order valence-electron chi connectivity index (χ4n) is 3.37. The number of halogens is 1. The highest BCUT2D eigenvalue weighted by Crippen LogP contribution is 2.33. The van der Waals surface area contributed by atoms with Gasteiger partial charge >= 0.3 is 0 Å². The summed E-state index contributed by atoms with van der Waals surface area (Å²) in [4.78, 5) is 8.54. The number of aromatic nitrogens is 1. The first kappa shape index (κ1) is 15.2. The summed E-state index contributed by atoms with van der Waals surface area (Å²) >= 11 is 0. The van der Waals surface area contributed by atoms with Crippen molar-refractivity contribution in [2.45, 2.75) is 6.92 Å². The molecule has 1 aliphatic heterocycles. The molecule has 1 fully saturated rings. The molecule has 4 heteroatoms. The number of likely N-dealkylation sites (N-methyl/N-ethyl adjacent to an activating group) is 1. The van der Waals surface area contributed by atoms with Gasteiger partial charge in [-0.25, -0.2) is 0 Å². The largest absolute Gasteiger partial charge is 0.367 e. The molecule has 0 atom stereocenters. The van der Waals surface area contributed by atoms with Gasteiger partial charge in [0.15, 0.2) is 0 Å². The topological polar surface area (TPSA) is 22.3 Å². The van der Waals surface area contributed by atoms with Crippen LogP contribution in [0.2, 0.25) is 0 Å². The second kappa shape index (κ2) is 5.82. The number of nitrogens with one attached hydrogen (secondary N) is 1. The molecule has 0 unspecified atom stereocenters. The number of rotatable bonds is 1. The first-order valence-corrected chi connectivity index (χ1v) is 7.67. The lowest BCUT2D eigenvalue weighted by Gasteiger charge is -2.34. The zero-order valence-electron chi connectivity index (χ0n) is 13.1. The van der Waals surface area contributed by atoms with Gasteiger partial charge in [0, 0.05) is 42.5 Å². The van der Waals surface area contributed by atoms with E-state index in [2.05, 4.69) is 65.2 Å². The molecule has 0 amide bonds. The maximum absolute atomic E-state index is 3.63. The average Bonchev–Trinajstić information content (AvgIpc) is 2.86. The number of benzene rings is 2. The lowest BCUT2D eigenvalue weighted by atomic mass is 10.1. The normalized spacial score (nSPS) is 16.2. The summed E-state index contributed by atoms with van der Waals surface area (Å²) in [7, 11) is 2.20. The molecule has 0 spiro atoms. The number of para-hydroxylation sites is 1. The molecule has 4 rings (SSSR count). The fraction of sp³-hybridized carbons (Fsp3) is 0.333. The Morgan fingerprint density at radius 2 is 1.68 bits per heavy atom. The van der Waals surface area contributed by atoms with Gasteiger partial charge in [-0.15, -0.1) is 12.4 Å². The summed E-state index contributed by atoms with van der Waals surface area (Å²) in [6, 6.07) is 13.2. The first-order chi connectivity index (χ1) is 10.2. The van der Waals surface area contributed by atoms with E-state index in [0.29, 0.717) is 0 Å². The molecule has 0 radical (unpaired) electrons. The fourth-order valence-corrected chi connectivity index (χ4v) is 3.37. The van der Waals surface area contributed by atoms with E-state index in [1.807, 2.05) is 0 Å². The maximum Gasteiger partial charge on any atom is 0.0702 e. The Morgan fingerprint density at radius 1 is 0.955 bits per heavy atom. The van der Waals surface area contributed by atoms with Crippen molar-refractivity contribution in [2.75, 3.05) is 38.1 Å². The number of anilines is 1. The van der Waals surface area contributed by atoms with Crippen molar-refractivity contribution in [1.29, 1.82) is 0 Å². The van der Waals surface area contributed by atoms with Crippen LogP contribution in [-0.2, 0) is 0 Å². The SMILES string of the molecule is Cc1cc(N2CCN(C)CC2)c2[nH]c3ccccc3c2c1.Cl. The predicted octanol–water partition coefficient (Wildman–Crippen LogP) is 3.80. The quantitative estimate of drug-likeness (QED) is 0.738. The molecule has 0 bridgehead atoms. The molecule has 1 aromatic heterocycles. The van der Waals surface area contributed by atoms with E-state index in [1.165, 1.54) is 33.1 Å². The van der Waals surface area contributed by atoms with Gasteiger partial charge in [-0.1, -0.05) is 18.2 Å². The second-order valence-corrected chi connectivity index (χ2v) is 6.17. The lowest BCUT2D eigenvalue weighted by molar-refractivity contribution is 0.313. The molecule has 1 aliphatic rings. The van der Waals surface area contributed by atoms with E-state index in [-0.39, 0.29) is 12.4 Å². The van der Waals surface area contributed by atoms with Crippen LogP contribution < -0.4 is 4.90 Å². The van der Waals surface area contributed by atoms with E-state index < -0.39 is 0 Å². The van der Waals surface area contributed by atoms with Gasteiger partial charge in [-0.2, -0.15) is 0 Å². The van der Waals surface area contributed by atoms with Crippen LogP contribution in [0.15, 0.2) is 36.4 Å². The lowest BCUT2D eigenvalue weighted by Crippen LogP contribution is -2.44. The van der Waals surface area contributed by atoms with Gasteiger partial charge in [-0.3, -0.25) is 0 Å². The molecule has 22 heavy (non-hydrogen) atoms. The molecule has 1 saturated heterocycles. The van der Waals surface area contributed by atoms with Crippen molar-refractivity contribution in [3.05, 3.63) is 42.0 Å². The summed E-state index contributed by atoms with van der Waals surface area (Å²) in [6.45, 7) is 6.67.